The van der Waals surface area contributed by atoms with Gasteiger partial charge in [-0.05, 0) is 24.1 Å². The minimum atomic E-state index is -0.356. The molecule has 0 bridgehead atoms. The Labute approximate surface area is 108 Å². The summed E-state index contributed by atoms with van der Waals surface area (Å²) in [6, 6.07) is 8.45. The number of anilines is 1. The molecule has 0 aromatic heterocycles. The van der Waals surface area contributed by atoms with E-state index < -0.39 is 0 Å². The molecule has 1 aromatic rings. The van der Waals surface area contributed by atoms with E-state index in [1.165, 1.54) is 11.3 Å². The normalized spacial score (nSPS) is 22.6. The minimum Gasteiger partial charge on any atom is -0.366 e. The number of nitrogens with zero attached hydrogens (tertiary/aromatic N) is 1. The van der Waals surface area contributed by atoms with Gasteiger partial charge in [0.1, 0.15) is 0 Å². The van der Waals surface area contributed by atoms with Gasteiger partial charge in [0.25, 0.3) is 0 Å². The van der Waals surface area contributed by atoms with Crippen molar-refractivity contribution in [3.63, 3.8) is 0 Å². The number of ether oxygens (including phenoxy) is 2. The molecule has 2 aliphatic rings. The fourth-order valence-corrected chi connectivity index (χ4v) is 2.78. The Morgan fingerprint density at radius 1 is 1.17 bits per heavy atom. The van der Waals surface area contributed by atoms with Crippen molar-refractivity contribution in [3.05, 3.63) is 29.8 Å². The predicted octanol–water partition coefficient (Wildman–Crippen LogP) is 1.49. The van der Waals surface area contributed by atoms with Crippen molar-refractivity contribution >= 4 is 5.69 Å². The van der Waals surface area contributed by atoms with Gasteiger partial charge in [0.05, 0.1) is 19.8 Å². The van der Waals surface area contributed by atoms with Gasteiger partial charge in [0.2, 0.25) is 0 Å². The minimum absolute atomic E-state index is 0.356. The van der Waals surface area contributed by atoms with Crippen molar-refractivity contribution < 1.29 is 9.47 Å². The Kier molecular flexibility index (Phi) is 3.24. The van der Waals surface area contributed by atoms with E-state index in [1.807, 2.05) is 0 Å². The largest absolute Gasteiger partial charge is 0.366 e. The number of hydrogen-bond acceptors (Lipinski definition) is 4. The van der Waals surface area contributed by atoms with Crippen molar-refractivity contribution in [2.24, 2.45) is 5.73 Å². The van der Waals surface area contributed by atoms with Crippen LogP contribution in [0.5, 0.6) is 0 Å². The van der Waals surface area contributed by atoms with Crippen molar-refractivity contribution in [3.8, 4) is 0 Å². The molecule has 0 unspecified atom stereocenters. The highest BCUT2D eigenvalue weighted by Gasteiger charge is 2.40. The molecule has 1 aromatic carbocycles. The highest BCUT2D eigenvalue weighted by atomic mass is 16.7. The maximum Gasteiger partial charge on any atom is 0.186 e. The van der Waals surface area contributed by atoms with E-state index >= 15 is 0 Å². The molecule has 2 heterocycles. The van der Waals surface area contributed by atoms with Crippen LogP contribution in [0.15, 0.2) is 24.3 Å². The summed E-state index contributed by atoms with van der Waals surface area (Å²) in [5.74, 6) is -0.356. The Balaban J connectivity index is 1.74. The summed E-state index contributed by atoms with van der Waals surface area (Å²) in [6.07, 6.45) is 2.11. The first kappa shape index (κ1) is 12.0. The van der Waals surface area contributed by atoms with Crippen LogP contribution in [0.2, 0.25) is 0 Å². The molecule has 0 saturated carbocycles. The zero-order valence-electron chi connectivity index (χ0n) is 10.6. The van der Waals surface area contributed by atoms with E-state index in [9.17, 15) is 0 Å². The average Bonchev–Trinajstić information content (AvgIpc) is 2.87. The monoisotopic (exact) mass is 248 g/mol. The van der Waals surface area contributed by atoms with Crippen LogP contribution in [0.4, 0.5) is 5.69 Å². The molecule has 18 heavy (non-hydrogen) atoms. The maximum atomic E-state index is 5.79. The smallest absolute Gasteiger partial charge is 0.186 e. The summed E-state index contributed by atoms with van der Waals surface area (Å²) >= 11 is 0. The Morgan fingerprint density at radius 2 is 1.89 bits per heavy atom. The van der Waals surface area contributed by atoms with E-state index in [1.54, 1.807) is 0 Å². The maximum absolute atomic E-state index is 5.79. The topological polar surface area (TPSA) is 47.7 Å². The van der Waals surface area contributed by atoms with E-state index in [2.05, 4.69) is 29.2 Å². The van der Waals surface area contributed by atoms with Crippen molar-refractivity contribution in [2.75, 3.05) is 31.2 Å². The van der Waals surface area contributed by atoms with Crippen LogP contribution in [-0.2, 0) is 16.0 Å². The van der Waals surface area contributed by atoms with Gasteiger partial charge in [0, 0.05) is 25.2 Å². The second kappa shape index (κ2) is 4.88. The molecule has 3 rings (SSSR count). The Morgan fingerprint density at radius 3 is 2.56 bits per heavy atom. The van der Waals surface area contributed by atoms with Gasteiger partial charge in [-0.3, -0.25) is 0 Å². The summed E-state index contributed by atoms with van der Waals surface area (Å²) in [5.41, 5.74) is 8.01. The van der Waals surface area contributed by atoms with Crippen LogP contribution >= 0.6 is 0 Å². The van der Waals surface area contributed by atoms with Gasteiger partial charge in [-0.1, -0.05) is 12.1 Å². The first-order valence-electron chi connectivity index (χ1n) is 6.63. The van der Waals surface area contributed by atoms with E-state index in [0.717, 1.165) is 39.1 Å². The molecular weight excluding hydrogens is 228 g/mol. The van der Waals surface area contributed by atoms with Gasteiger partial charge in [0.15, 0.2) is 5.79 Å². The first-order valence-corrected chi connectivity index (χ1v) is 6.63. The molecule has 0 amide bonds. The molecule has 0 atom stereocenters. The molecule has 2 saturated heterocycles. The molecule has 4 nitrogen and oxygen atoms in total. The molecule has 0 radical (unpaired) electrons. The summed E-state index contributed by atoms with van der Waals surface area (Å²) in [5, 5.41) is 0. The summed E-state index contributed by atoms with van der Waals surface area (Å²) < 4.78 is 11.6. The van der Waals surface area contributed by atoms with Crippen molar-refractivity contribution in [2.45, 2.75) is 25.2 Å². The van der Waals surface area contributed by atoms with Crippen LogP contribution < -0.4 is 10.6 Å². The van der Waals surface area contributed by atoms with Crippen molar-refractivity contribution in [1.29, 1.82) is 0 Å². The third-order valence-electron chi connectivity index (χ3n) is 3.77. The Hall–Kier alpha value is -1.10. The highest BCUT2D eigenvalue weighted by Crippen LogP contribution is 2.32. The lowest BCUT2D eigenvalue weighted by atomic mass is 10.0. The lowest BCUT2D eigenvalue weighted by molar-refractivity contribution is -0.161. The Bertz CT molecular complexity index is 399. The number of rotatable bonds is 2. The van der Waals surface area contributed by atoms with Gasteiger partial charge in [-0.25, -0.2) is 0 Å². The number of benzene rings is 1. The standard InChI is InChI=1S/C14H20N2O2/c15-10-12-2-4-13(5-3-12)16-7-1-6-14(11-16)17-8-9-18-14/h2-5H,1,6-11,15H2. The van der Waals surface area contributed by atoms with Gasteiger partial charge in [-0.2, -0.15) is 0 Å². The molecular formula is C14H20N2O2. The summed E-state index contributed by atoms with van der Waals surface area (Å²) in [4.78, 5) is 2.34. The number of nitrogens with two attached hydrogens (primary N) is 1. The van der Waals surface area contributed by atoms with Crippen LogP contribution in [0.3, 0.4) is 0 Å². The highest BCUT2D eigenvalue weighted by molar-refractivity contribution is 5.48. The zero-order chi connectivity index (χ0) is 12.4. The third kappa shape index (κ3) is 2.23. The van der Waals surface area contributed by atoms with Crippen LogP contribution in [0.1, 0.15) is 18.4 Å². The second-order valence-corrected chi connectivity index (χ2v) is 5.00. The van der Waals surface area contributed by atoms with E-state index in [4.69, 9.17) is 15.2 Å². The molecule has 98 valence electrons. The van der Waals surface area contributed by atoms with E-state index in [-0.39, 0.29) is 5.79 Å². The van der Waals surface area contributed by atoms with Gasteiger partial charge < -0.3 is 20.1 Å². The van der Waals surface area contributed by atoms with E-state index in [0.29, 0.717) is 6.54 Å². The molecule has 4 heteroatoms. The molecule has 0 aliphatic carbocycles. The zero-order valence-corrected chi connectivity index (χ0v) is 10.6. The SMILES string of the molecule is NCc1ccc(N2CCCC3(C2)OCCO3)cc1. The van der Waals surface area contributed by atoms with Crippen LogP contribution in [0.25, 0.3) is 0 Å². The van der Waals surface area contributed by atoms with Crippen LogP contribution in [-0.4, -0.2) is 32.1 Å². The molecule has 2 N–H and O–H groups in total. The fourth-order valence-electron chi connectivity index (χ4n) is 2.78. The van der Waals surface area contributed by atoms with Crippen molar-refractivity contribution in [1.82, 2.24) is 0 Å². The number of hydrogen-bond donors (Lipinski definition) is 1. The summed E-state index contributed by atoms with van der Waals surface area (Å²) in [7, 11) is 0. The first-order chi connectivity index (χ1) is 8.81. The average molecular weight is 248 g/mol. The quantitative estimate of drug-likeness (QED) is 0.861. The van der Waals surface area contributed by atoms with Gasteiger partial charge >= 0.3 is 0 Å². The second-order valence-electron chi connectivity index (χ2n) is 5.00. The lowest BCUT2D eigenvalue weighted by Gasteiger charge is -2.39. The molecule has 2 fully saturated rings. The predicted molar refractivity (Wildman–Crippen MR) is 70.4 cm³/mol. The van der Waals surface area contributed by atoms with Gasteiger partial charge in [-0.15, -0.1) is 0 Å². The third-order valence-corrected chi connectivity index (χ3v) is 3.77. The number of piperidine rings is 1. The molecule has 1 spiro atoms. The lowest BCUT2D eigenvalue weighted by Crippen LogP contribution is -2.49. The van der Waals surface area contributed by atoms with Crippen LogP contribution in [0, 0.1) is 0 Å². The fraction of sp³-hybridized carbons (Fsp3) is 0.571. The molecule has 2 aliphatic heterocycles. The summed E-state index contributed by atoms with van der Waals surface area (Å²) in [6.45, 7) is 3.93.